The summed E-state index contributed by atoms with van der Waals surface area (Å²) in [6.45, 7) is 2.15. The number of H-pyrrole nitrogens is 1. The van der Waals surface area contributed by atoms with E-state index in [1.165, 1.54) is 15.5 Å². The molecule has 1 N–H and O–H groups in total. The van der Waals surface area contributed by atoms with Crippen molar-refractivity contribution in [1.29, 1.82) is 0 Å². The topological polar surface area (TPSA) is 50.9 Å². The van der Waals surface area contributed by atoms with Crippen LogP contribution in [0.15, 0.2) is 51.7 Å². The number of aryl methyl sites for hydroxylation is 2. The Morgan fingerprint density at radius 1 is 1.14 bits per heavy atom. The number of nitrogens with zero attached hydrogens (tertiary/aromatic N) is 1. The monoisotopic (exact) mass is 292 g/mol. The van der Waals surface area contributed by atoms with Gasteiger partial charge in [0.05, 0.1) is 5.52 Å². The molecular weight excluding hydrogens is 276 g/mol. The quantitative estimate of drug-likeness (QED) is 0.610. The number of benzene rings is 2. The van der Waals surface area contributed by atoms with Crippen LogP contribution in [0.25, 0.3) is 33.3 Å². The first-order valence-corrected chi connectivity index (χ1v) is 7.37. The minimum atomic E-state index is -0.337. The van der Waals surface area contributed by atoms with Gasteiger partial charge in [-0.15, -0.1) is 0 Å². The van der Waals surface area contributed by atoms with Crippen molar-refractivity contribution in [3.63, 3.8) is 0 Å². The normalized spacial score (nSPS) is 11.5. The Morgan fingerprint density at radius 3 is 2.82 bits per heavy atom. The fraction of sp³-hybridized carbons (Fsp3) is 0.167. The Hall–Kier alpha value is -2.75. The standard InChI is InChI=1S/C18H16N2O2/c1-3-11-4-6-14-13(8-11)9-15(19-14)12-5-7-16-17(10-12)22-18(21)20(16)2/h4-10,19H,3H2,1-2H3. The van der Waals surface area contributed by atoms with Crippen molar-refractivity contribution in [2.45, 2.75) is 13.3 Å². The summed E-state index contributed by atoms with van der Waals surface area (Å²) >= 11 is 0. The molecule has 0 radical (unpaired) electrons. The SMILES string of the molecule is CCc1ccc2[nH]c(-c3ccc4c(c3)oc(=O)n4C)cc2c1. The first-order chi connectivity index (χ1) is 10.7. The molecule has 4 rings (SSSR count). The molecule has 0 aliphatic rings. The minimum absolute atomic E-state index is 0.337. The summed E-state index contributed by atoms with van der Waals surface area (Å²) in [5.41, 5.74) is 5.88. The molecule has 0 unspecified atom stereocenters. The lowest BCUT2D eigenvalue weighted by molar-refractivity contribution is 0.528. The first-order valence-electron chi connectivity index (χ1n) is 7.37. The van der Waals surface area contributed by atoms with Gasteiger partial charge in [0.2, 0.25) is 0 Å². The molecule has 4 aromatic rings. The molecule has 0 spiro atoms. The Bertz CT molecular complexity index is 1050. The summed E-state index contributed by atoms with van der Waals surface area (Å²) in [6.07, 6.45) is 1.03. The summed E-state index contributed by atoms with van der Waals surface area (Å²) < 4.78 is 6.78. The second-order valence-corrected chi connectivity index (χ2v) is 5.57. The van der Waals surface area contributed by atoms with Crippen LogP contribution in [0.2, 0.25) is 0 Å². The Morgan fingerprint density at radius 2 is 2.00 bits per heavy atom. The summed E-state index contributed by atoms with van der Waals surface area (Å²) in [5, 5.41) is 1.20. The number of nitrogens with one attached hydrogen (secondary N) is 1. The highest BCUT2D eigenvalue weighted by atomic mass is 16.4. The van der Waals surface area contributed by atoms with Crippen LogP contribution in [0.1, 0.15) is 12.5 Å². The fourth-order valence-electron chi connectivity index (χ4n) is 2.86. The van der Waals surface area contributed by atoms with E-state index in [0.717, 1.165) is 28.7 Å². The molecule has 2 heterocycles. The molecule has 2 aromatic heterocycles. The van der Waals surface area contributed by atoms with E-state index >= 15 is 0 Å². The Labute approximate surface area is 127 Å². The molecule has 110 valence electrons. The van der Waals surface area contributed by atoms with Gasteiger partial charge in [-0.3, -0.25) is 4.57 Å². The van der Waals surface area contributed by atoms with Crippen LogP contribution in [0.4, 0.5) is 0 Å². The third kappa shape index (κ3) is 1.88. The van der Waals surface area contributed by atoms with Gasteiger partial charge in [-0.05, 0) is 42.3 Å². The molecule has 22 heavy (non-hydrogen) atoms. The number of rotatable bonds is 2. The van der Waals surface area contributed by atoms with Crippen molar-refractivity contribution in [2.24, 2.45) is 7.05 Å². The fourth-order valence-corrected chi connectivity index (χ4v) is 2.86. The van der Waals surface area contributed by atoms with Crippen molar-refractivity contribution in [3.05, 3.63) is 58.6 Å². The number of hydrogen-bond donors (Lipinski definition) is 1. The summed E-state index contributed by atoms with van der Waals surface area (Å²) in [7, 11) is 1.71. The summed E-state index contributed by atoms with van der Waals surface area (Å²) in [5.74, 6) is -0.337. The number of aromatic nitrogens is 2. The molecule has 4 nitrogen and oxygen atoms in total. The van der Waals surface area contributed by atoms with Crippen LogP contribution in [0.5, 0.6) is 0 Å². The zero-order valence-electron chi connectivity index (χ0n) is 12.5. The van der Waals surface area contributed by atoms with Gasteiger partial charge in [-0.1, -0.05) is 19.1 Å². The van der Waals surface area contributed by atoms with E-state index in [9.17, 15) is 4.79 Å². The molecule has 0 amide bonds. The smallest absolute Gasteiger partial charge is 0.408 e. The highest BCUT2D eigenvalue weighted by Gasteiger charge is 2.09. The average Bonchev–Trinajstić information content (AvgIpc) is 3.08. The van der Waals surface area contributed by atoms with Gasteiger partial charge in [0, 0.05) is 29.2 Å². The van der Waals surface area contributed by atoms with Gasteiger partial charge in [0.15, 0.2) is 5.58 Å². The van der Waals surface area contributed by atoms with E-state index in [1.54, 1.807) is 7.05 Å². The van der Waals surface area contributed by atoms with Gasteiger partial charge < -0.3 is 9.40 Å². The number of hydrogen-bond acceptors (Lipinski definition) is 2. The van der Waals surface area contributed by atoms with Gasteiger partial charge >= 0.3 is 5.76 Å². The Kier molecular flexibility index (Phi) is 2.73. The number of fused-ring (bicyclic) bond motifs is 2. The molecule has 0 saturated carbocycles. The van der Waals surface area contributed by atoms with Crippen molar-refractivity contribution in [3.8, 4) is 11.3 Å². The van der Waals surface area contributed by atoms with Crippen molar-refractivity contribution >= 4 is 22.0 Å². The maximum absolute atomic E-state index is 11.6. The third-order valence-electron chi connectivity index (χ3n) is 4.20. The van der Waals surface area contributed by atoms with Crippen LogP contribution in [0, 0.1) is 0 Å². The molecule has 0 bridgehead atoms. The molecule has 0 aliphatic carbocycles. The molecule has 0 saturated heterocycles. The molecule has 4 heteroatoms. The Balaban J connectivity index is 1.88. The predicted octanol–water partition coefficient (Wildman–Crippen LogP) is 3.84. The second-order valence-electron chi connectivity index (χ2n) is 5.57. The second kappa shape index (κ2) is 4.63. The number of aromatic amines is 1. The van der Waals surface area contributed by atoms with Gasteiger partial charge in [-0.2, -0.15) is 0 Å². The van der Waals surface area contributed by atoms with Crippen LogP contribution >= 0.6 is 0 Å². The van der Waals surface area contributed by atoms with E-state index < -0.39 is 0 Å². The number of oxazole rings is 1. The van der Waals surface area contributed by atoms with Gasteiger partial charge in [0.1, 0.15) is 0 Å². The average molecular weight is 292 g/mol. The van der Waals surface area contributed by atoms with Crippen molar-refractivity contribution in [1.82, 2.24) is 9.55 Å². The van der Waals surface area contributed by atoms with Gasteiger partial charge in [-0.25, -0.2) is 4.79 Å². The maximum Gasteiger partial charge on any atom is 0.419 e. The molecular formula is C18H16N2O2. The molecule has 0 fully saturated rings. The molecule has 0 aliphatic heterocycles. The van der Waals surface area contributed by atoms with Gasteiger partial charge in [0.25, 0.3) is 0 Å². The van der Waals surface area contributed by atoms with Crippen LogP contribution in [0.3, 0.4) is 0 Å². The lowest BCUT2D eigenvalue weighted by atomic mass is 10.1. The lowest BCUT2D eigenvalue weighted by Gasteiger charge is -1.98. The predicted molar refractivity (Wildman–Crippen MR) is 88.1 cm³/mol. The maximum atomic E-state index is 11.6. The van der Waals surface area contributed by atoms with E-state index in [1.807, 2.05) is 18.2 Å². The third-order valence-corrected chi connectivity index (χ3v) is 4.20. The largest absolute Gasteiger partial charge is 0.419 e. The highest BCUT2D eigenvalue weighted by molar-refractivity contribution is 5.88. The van der Waals surface area contributed by atoms with E-state index in [-0.39, 0.29) is 5.76 Å². The summed E-state index contributed by atoms with van der Waals surface area (Å²) in [4.78, 5) is 15.0. The summed E-state index contributed by atoms with van der Waals surface area (Å²) in [6, 6.07) is 14.4. The first kappa shape index (κ1) is 13.0. The zero-order chi connectivity index (χ0) is 15.3. The van der Waals surface area contributed by atoms with Crippen LogP contribution in [-0.2, 0) is 13.5 Å². The lowest BCUT2D eigenvalue weighted by Crippen LogP contribution is -2.08. The van der Waals surface area contributed by atoms with E-state index in [0.29, 0.717) is 5.58 Å². The zero-order valence-corrected chi connectivity index (χ0v) is 12.5. The van der Waals surface area contributed by atoms with Crippen molar-refractivity contribution < 1.29 is 4.42 Å². The van der Waals surface area contributed by atoms with Crippen molar-refractivity contribution in [2.75, 3.05) is 0 Å². The van der Waals surface area contributed by atoms with E-state index in [4.69, 9.17) is 4.42 Å². The van der Waals surface area contributed by atoms with Crippen LogP contribution < -0.4 is 5.76 Å². The molecule has 2 aromatic carbocycles. The highest BCUT2D eigenvalue weighted by Crippen LogP contribution is 2.27. The van der Waals surface area contributed by atoms with E-state index in [2.05, 4.69) is 36.2 Å². The molecule has 0 atom stereocenters. The minimum Gasteiger partial charge on any atom is -0.408 e. The van der Waals surface area contributed by atoms with Crippen LogP contribution in [-0.4, -0.2) is 9.55 Å².